The molecule has 0 aromatic heterocycles. The number of carbonyl (C=O) groups is 1. The number of phenolic OH excluding ortho intramolecular Hbond substituents is 1. The molecule has 0 bridgehead atoms. The predicted octanol–water partition coefficient (Wildman–Crippen LogP) is 3.17. The Morgan fingerprint density at radius 1 is 1.19 bits per heavy atom. The van der Waals surface area contributed by atoms with Crippen molar-refractivity contribution in [3.8, 4) is 23.6 Å². The number of aromatic hydroxyl groups is 1. The molecule has 6 nitrogen and oxygen atoms in total. The van der Waals surface area contributed by atoms with Crippen LogP contribution < -0.4 is 4.74 Å². The molecular weight excluding hydrogens is 342 g/mol. The second-order valence-corrected chi connectivity index (χ2v) is 6.26. The Hall–Kier alpha value is -3.61. The first-order valence-corrected chi connectivity index (χ1v) is 8.35. The Balaban J connectivity index is 1.96. The first-order chi connectivity index (χ1) is 13.0. The fourth-order valence-corrected chi connectivity index (χ4v) is 2.95. The first-order valence-electron chi connectivity index (χ1n) is 8.35. The van der Waals surface area contributed by atoms with Crippen LogP contribution in [0.15, 0.2) is 42.2 Å². The zero-order valence-electron chi connectivity index (χ0n) is 14.8. The summed E-state index contributed by atoms with van der Waals surface area (Å²) in [4.78, 5) is 14.3. The lowest BCUT2D eigenvalue weighted by molar-refractivity contribution is 0.101. The van der Waals surface area contributed by atoms with E-state index in [1.165, 1.54) is 12.1 Å². The largest absolute Gasteiger partial charge is 0.507 e. The number of ether oxygens (including phenoxy) is 1. The number of hydrogen-bond donors (Lipinski definition) is 1. The van der Waals surface area contributed by atoms with Crippen molar-refractivity contribution in [2.24, 2.45) is 0 Å². The molecule has 1 aliphatic rings. The summed E-state index contributed by atoms with van der Waals surface area (Å²) in [5, 5.41) is 28.1. The number of rotatable bonds is 5. The van der Waals surface area contributed by atoms with Gasteiger partial charge in [-0.15, -0.1) is 0 Å². The molecule has 0 saturated carbocycles. The molecule has 2 aromatic rings. The van der Waals surface area contributed by atoms with Gasteiger partial charge in [0.1, 0.15) is 11.5 Å². The molecule has 0 saturated heterocycles. The Morgan fingerprint density at radius 2 is 1.93 bits per heavy atom. The summed E-state index contributed by atoms with van der Waals surface area (Å²) in [6, 6.07) is 14.6. The van der Waals surface area contributed by atoms with E-state index in [0.717, 1.165) is 11.1 Å². The van der Waals surface area contributed by atoms with Crippen LogP contribution in [0.5, 0.6) is 11.5 Å². The lowest BCUT2D eigenvalue weighted by Gasteiger charge is -2.17. The van der Waals surface area contributed by atoms with Gasteiger partial charge in [-0.3, -0.25) is 9.69 Å². The highest BCUT2D eigenvalue weighted by Gasteiger charge is 2.31. The summed E-state index contributed by atoms with van der Waals surface area (Å²) in [5.74, 6) is 0.147. The fourth-order valence-electron chi connectivity index (χ4n) is 2.95. The number of nitrogens with zero attached hydrogens (tertiary/aromatic N) is 3. The number of allylic oxidation sites excluding steroid dienone is 1. The van der Waals surface area contributed by atoms with Gasteiger partial charge in [-0.25, -0.2) is 0 Å². The van der Waals surface area contributed by atoms with Gasteiger partial charge in [-0.2, -0.15) is 10.5 Å². The van der Waals surface area contributed by atoms with E-state index in [9.17, 15) is 9.90 Å². The van der Waals surface area contributed by atoms with Gasteiger partial charge >= 0.3 is 0 Å². The molecule has 0 atom stereocenters. The van der Waals surface area contributed by atoms with Crippen molar-refractivity contribution in [2.75, 3.05) is 13.1 Å². The van der Waals surface area contributed by atoms with E-state index in [4.69, 9.17) is 15.3 Å². The molecule has 1 aliphatic heterocycles. The minimum absolute atomic E-state index is 0.0244. The van der Waals surface area contributed by atoms with Crippen LogP contribution in [-0.2, 0) is 6.54 Å². The fraction of sp³-hybridized carbons (Fsp3) is 0.190. The molecule has 1 heterocycles. The number of hydrogen-bond acceptors (Lipinski definition) is 6. The van der Waals surface area contributed by atoms with Crippen LogP contribution in [0.3, 0.4) is 0 Å². The van der Waals surface area contributed by atoms with Gasteiger partial charge in [-0.05, 0) is 30.7 Å². The molecular formula is C21H17N3O3. The second kappa shape index (κ2) is 7.74. The van der Waals surface area contributed by atoms with Gasteiger partial charge in [0.25, 0.3) is 0 Å². The standard InChI is InChI=1S/C21H17N3O3/c1-14-3-2-4-15(11-14)12-19-20(26)16-5-6-18(25)17(21(16)27-19)13-24(9-7-22)10-8-23/h2-6,11-12,25H,9-10,13H2,1H3/b19-12+. The molecule has 0 radical (unpaired) electrons. The number of Topliss-reactive ketones (excluding diaryl/α,β-unsaturated/α-hetero) is 1. The van der Waals surface area contributed by atoms with E-state index in [1.807, 2.05) is 43.3 Å². The topological polar surface area (TPSA) is 97.3 Å². The van der Waals surface area contributed by atoms with Crippen molar-refractivity contribution < 1.29 is 14.6 Å². The van der Waals surface area contributed by atoms with Gasteiger partial charge in [0.15, 0.2) is 5.76 Å². The van der Waals surface area contributed by atoms with Crippen molar-refractivity contribution >= 4 is 11.9 Å². The van der Waals surface area contributed by atoms with Crippen LogP contribution in [0.2, 0.25) is 0 Å². The Morgan fingerprint density at radius 3 is 2.59 bits per heavy atom. The van der Waals surface area contributed by atoms with E-state index < -0.39 is 0 Å². The molecule has 6 heteroatoms. The Kier molecular flexibility index (Phi) is 5.21. The molecule has 0 fully saturated rings. The summed E-state index contributed by atoms with van der Waals surface area (Å²) in [6.45, 7) is 2.14. The minimum atomic E-state index is -0.264. The monoisotopic (exact) mass is 359 g/mol. The molecule has 0 amide bonds. The maximum absolute atomic E-state index is 12.7. The smallest absolute Gasteiger partial charge is 0.231 e. The van der Waals surface area contributed by atoms with Gasteiger partial charge < -0.3 is 9.84 Å². The lowest BCUT2D eigenvalue weighted by Crippen LogP contribution is -2.24. The van der Waals surface area contributed by atoms with E-state index in [2.05, 4.69) is 0 Å². The Labute approximate surface area is 157 Å². The number of carbonyl (C=O) groups excluding carboxylic acids is 1. The van der Waals surface area contributed by atoms with E-state index >= 15 is 0 Å². The predicted molar refractivity (Wildman–Crippen MR) is 98.7 cm³/mol. The number of benzene rings is 2. The third kappa shape index (κ3) is 3.82. The summed E-state index contributed by atoms with van der Waals surface area (Å²) >= 11 is 0. The van der Waals surface area contributed by atoms with Crippen LogP contribution in [-0.4, -0.2) is 28.9 Å². The maximum Gasteiger partial charge on any atom is 0.231 e. The zero-order chi connectivity index (χ0) is 19.4. The lowest BCUT2D eigenvalue weighted by atomic mass is 10.0. The van der Waals surface area contributed by atoms with Crippen LogP contribution >= 0.6 is 0 Å². The van der Waals surface area contributed by atoms with Crippen molar-refractivity contribution in [1.82, 2.24) is 4.90 Å². The van der Waals surface area contributed by atoms with Crippen molar-refractivity contribution in [3.63, 3.8) is 0 Å². The van der Waals surface area contributed by atoms with E-state index in [-0.39, 0.29) is 42.7 Å². The normalized spacial score (nSPS) is 13.9. The minimum Gasteiger partial charge on any atom is -0.507 e. The molecule has 1 N–H and O–H groups in total. The van der Waals surface area contributed by atoms with Crippen LogP contribution in [0.4, 0.5) is 0 Å². The van der Waals surface area contributed by atoms with E-state index in [1.54, 1.807) is 11.0 Å². The number of nitriles is 2. The van der Waals surface area contributed by atoms with Crippen molar-refractivity contribution in [2.45, 2.75) is 13.5 Å². The summed E-state index contributed by atoms with van der Waals surface area (Å²) < 4.78 is 5.79. The molecule has 27 heavy (non-hydrogen) atoms. The molecule has 0 aliphatic carbocycles. The van der Waals surface area contributed by atoms with Crippen molar-refractivity contribution in [1.29, 1.82) is 10.5 Å². The van der Waals surface area contributed by atoms with Gasteiger partial charge in [0.05, 0.1) is 36.4 Å². The van der Waals surface area contributed by atoms with Crippen LogP contribution in [0.25, 0.3) is 6.08 Å². The number of aryl methyl sites for hydroxylation is 1. The molecule has 2 aromatic carbocycles. The van der Waals surface area contributed by atoms with Crippen LogP contribution in [0.1, 0.15) is 27.0 Å². The number of phenols is 1. The van der Waals surface area contributed by atoms with Crippen LogP contribution in [0, 0.1) is 29.6 Å². The second-order valence-electron chi connectivity index (χ2n) is 6.26. The quantitative estimate of drug-likeness (QED) is 0.650. The highest BCUT2D eigenvalue weighted by atomic mass is 16.5. The molecule has 0 spiro atoms. The third-order valence-corrected chi connectivity index (χ3v) is 4.23. The van der Waals surface area contributed by atoms with Gasteiger partial charge in [-0.1, -0.05) is 29.8 Å². The zero-order valence-corrected chi connectivity index (χ0v) is 14.8. The molecule has 3 rings (SSSR count). The summed E-state index contributed by atoms with van der Waals surface area (Å²) in [7, 11) is 0. The SMILES string of the molecule is Cc1cccc(/C=C2/Oc3c(ccc(O)c3CN(CC#N)CC#N)C2=O)c1. The number of fused-ring (bicyclic) bond motifs is 1. The third-order valence-electron chi connectivity index (χ3n) is 4.23. The van der Waals surface area contributed by atoms with Crippen molar-refractivity contribution in [3.05, 3.63) is 64.4 Å². The average molecular weight is 359 g/mol. The van der Waals surface area contributed by atoms with E-state index in [0.29, 0.717) is 11.1 Å². The highest BCUT2D eigenvalue weighted by Crippen LogP contribution is 2.40. The molecule has 134 valence electrons. The summed E-state index contributed by atoms with van der Waals surface area (Å²) in [6.07, 6.45) is 1.67. The average Bonchev–Trinajstić information content (AvgIpc) is 2.94. The first kappa shape index (κ1) is 18.2. The summed E-state index contributed by atoms with van der Waals surface area (Å²) in [5.41, 5.74) is 2.65. The maximum atomic E-state index is 12.7. The highest BCUT2D eigenvalue weighted by molar-refractivity contribution is 6.15. The molecule has 0 unspecified atom stereocenters. The number of ketones is 1. The van der Waals surface area contributed by atoms with Gasteiger partial charge in [0.2, 0.25) is 5.78 Å². The Bertz CT molecular complexity index is 996. The van der Waals surface area contributed by atoms with Gasteiger partial charge in [0, 0.05) is 6.54 Å².